The van der Waals surface area contributed by atoms with Crippen LogP contribution in [0, 0.1) is 11.3 Å². The van der Waals surface area contributed by atoms with E-state index in [-0.39, 0.29) is 12.7 Å². The third-order valence-corrected chi connectivity index (χ3v) is 2.52. The van der Waals surface area contributed by atoms with E-state index in [0.29, 0.717) is 12.2 Å². The summed E-state index contributed by atoms with van der Waals surface area (Å²) in [4.78, 5) is 0. The summed E-state index contributed by atoms with van der Waals surface area (Å²) in [6, 6.07) is 7.71. The topological polar surface area (TPSA) is 53.2 Å². The first kappa shape index (κ1) is 9.20. The molecule has 2 rings (SSSR count). The van der Waals surface area contributed by atoms with E-state index in [1.54, 1.807) is 6.07 Å². The molecule has 1 N–H and O–H groups in total. The fourth-order valence-corrected chi connectivity index (χ4v) is 1.83. The summed E-state index contributed by atoms with van der Waals surface area (Å²) in [7, 11) is 0. The van der Waals surface area contributed by atoms with Crippen LogP contribution >= 0.6 is 0 Å². The Morgan fingerprint density at radius 2 is 2.43 bits per heavy atom. The van der Waals surface area contributed by atoms with Gasteiger partial charge >= 0.3 is 0 Å². The molecular weight excluding hydrogens is 178 g/mol. The number of fused-ring (bicyclic) bond motifs is 1. The van der Waals surface area contributed by atoms with Gasteiger partial charge in [0.05, 0.1) is 24.8 Å². The van der Waals surface area contributed by atoms with Crippen LogP contribution in [0.15, 0.2) is 18.2 Å². The number of aliphatic hydroxyl groups is 1. The number of hydrogen-bond acceptors (Lipinski definition) is 3. The largest absolute Gasteiger partial charge is 0.393 e. The second-order valence-corrected chi connectivity index (χ2v) is 3.28. The smallest absolute Gasteiger partial charge is 0.106 e. The number of nitrogens with zero attached hydrogens (tertiary/aromatic N) is 1. The molecule has 3 nitrogen and oxygen atoms in total. The van der Waals surface area contributed by atoms with Gasteiger partial charge in [0.1, 0.15) is 6.10 Å². The van der Waals surface area contributed by atoms with Gasteiger partial charge in [0.2, 0.25) is 0 Å². The Labute approximate surface area is 82.6 Å². The van der Waals surface area contributed by atoms with Crippen LogP contribution in [-0.2, 0) is 11.2 Å². The van der Waals surface area contributed by atoms with Crippen LogP contribution in [0.5, 0.6) is 0 Å². The molecule has 1 heterocycles. The highest BCUT2D eigenvalue weighted by Crippen LogP contribution is 2.28. The minimum absolute atomic E-state index is 0.0259. The lowest BCUT2D eigenvalue weighted by molar-refractivity contribution is 0.00312. The Bertz CT molecular complexity index is 381. The van der Waals surface area contributed by atoms with Crippen LogP contribution in [0.1, 0.15) is 22.8 Å². The Morgan fingerprint density at radius 1 is 1.57 bits per heavy atom. The van der Waals surface area contributed by atoms with Gasteiger partial charge in [0, 0.05) is 0 Å². The molecule has 0 amide bonds. The van der Waals surface area contributed by atoms with Crippen molar-refractivity contribution >= 4 is 0 Å². The average Bonchev–Trinajstić information content (AvgIpc) is 2.27. The predicted octanol–water partition coefficient (Wildman–Crippen LogP) is 1.16. The van der Waals surface area contributed by atoms with E-state index >= 15 is 0 Å². The van der Waals surface area contributed by atoms with Crippen molar-refractivity contribution in [2.75, 3.05) is 13.2 Å². The molecule has 1 atom stereocenters. The highest BCUT2D eigenvalue weighted by molar-refractivity contribution is 5.44. The first-order valence-corrected chi connectivity index (χ1v) is 4.61. The Kier molecular flexibility index (Phi) is 2.49. The Morgan fingerprint density at radius 3 is 3.14 bits per heavy atom. The standard InChI is InChI=1S/C11H11NO2/c12-6-8-2-1-3-10-9(8)4-5-14-11(10)7-13/h1-3,11,13H,4-5,7H2/t11-/m1/s1. The molecule has 0 spiro atoms. The normalized spacial score (nSPS) is 19.9. The van der Waals surface area contributed by atoms with Crippen LogP contribution in [0.25, 0.3) is 0 Å². The third-order valence-electron chi connectivity index (χ3n) is 2.52. The summed E-state index contributed by atoms with van der Waals surface area (Å²) < 4.78 is 5.39. The SMILES string of the molecule is N#Cc1cccc2c1CCO[C@@H]2CO. The minimum Gasteiger partial charge on any atom is -0.393 e. The van der Waals surface area contributed by atoms with Crippen LogP contribution in [0.2, 0.25) is 0 Å². The zero-order valence-electron chi connectivity index (χ0n) is 7.73. The summed E-state index contributed by atoms with van der Waals surface area (Å²) in [6.07, 6.45) is 0.502. The number of nitriles is 1. The molecule has 1 aliphatic rings. The predicted molar refractivity (Wildman–Crippen MR) is 50.6 cm³/mol. The van der Waals surface area contributed by atoms with Crippen LogP contribution in [-0.4, -0.2) is 18.3 Å². The fourth-order valence-electron chi connectivity index (χ4n) is 1.83. The first-order valence-electron chi connectivity index (χ1n) is 4.61. The molecule has 0 saturated heterocycles. The van der Waals surface area contributed by atoms with Gasteiger partial charge in [-0.3, -0.25) is 0 Å². The molecule has 0 aromatic heterocycles. The molecular formula is C11H11NO2. The minimum atomic E-state index is -0.257. The lowest BCUT2D eigenvalue weighted by Gasteiger charge is -2.25. The molecule has 0 radical (unpaired) electrons. The van der Waals surface area contributed by atoms with E-state index in [0.717, 1.165) is 17.5 Å². The van der Waals surface area contributed by atoms with Gasteiger partial charge in [-0.05, 0) is 23.6 Å². The maximum atomic E-state index is 9.09. The summed E-state index contributed by atoms with van der Waals surface area (Å²) in [6.45, 7) is 0.554. The molecule has 1 aliphatic heterocycles. The van der Waals surface area contributed by atoms with Crippen molar-refractivity contribution in [3.63, 3.8) is 0 Å². The molecule has 0 unspecified atom stereocenters. The van der Waals surface area contributed by atoms with Crippen molar-refractivity contribution in [3.05, 3.63) is 34.9 Å². The number of rotatable bonds is 1. The van der Waals surface area contributed by atoms with Crippen molar-refractivity contribution in [2.45, 2.75) is 12.5 Å². The summed E-state index contributed by atoms with van der Waals surface area (Å²) in [5.74, 6) is 0. The van der Waals surface area contributed by atoms with E-state index < -0.39 is 0 Å². The van der Waals surface area contributed by atoms with Gasteiger partial charge < -0.3 is 9.84 Å². The molecule has 14 heavy (non-hydrogen) atoms. The highest BCUT2D eigenvalue weighted by atomic mass is 16.5. The molecule has 72 valence electrons. The summed E-state index contributed by atoms with van der Waals surface area (Å²) in [5.41, 5.74) is 2.68. The molecule has 1 aromatic carbocycles. The van der Waals surface area contributed by atoms with E-state index in [9.17, 15) is 0 Å². The number of hydrogen-bond donors (Lipinski definition) is 1. The van der Waals surface area contributed by atoms with Crippen molar-refractivity contribution < 1.29 is 9.84 Å². The van der Waals surface area contributed by atoms with E-state index in [1.165, 1.54) is 0 Å². The molecule has 1 aromatic rings. The molecule has 0 saturated carbocycles. The van der Waals surface area contributed by atoms with E-state index in [4.69, 9.17) is 15.1 Å². The van der Waals surface area contributed by atoms with Crippen molar-refractivity contribution in [1.82, 2.24) is 0 Å². The third kappa shape index (κ3) is 1.39. The molecule has 0 bridgehead atoms. The summed E-state index contributed by atoms with van der Waals surface area (Å²) in [5, 5.41) is 18.0. The maximum absolute atomic E-state index is 9.09. The second kappa shape index (κ2) is 3.79. The first-order chi connectivity index (χ1) is 6.86. The van der Waals surface area contributed by atoms with Gasteiger partial charge in [0.25, 0.3) is 0 Å². The highest BCUT2D eigenvalue weighted by Gasteiger charge is 2.21. The van der Waals surface area contributed by atoms with Gasteiger partial charge in [0.15, 0.2) is 0 Å². The zero-order chi connectivity index (χ0) is 9.97. The van der Waals surface area contributed by atoms with Crippen molar-refractivity contribution in [2.24, 2.45) is 0 Å². The van der Waals surface area contributed by atoms with Crippen LogP contribution in [0.3, 0.4) is 0 Å². The van der Waals surface area contributed by atoms with Gasteiger partial charge in [-0.1, -0.05) is 12.1 Å². The molecule has 3 heteroatoms. The van der Waals surface area contributed by atoms with Crippen LogP contribution < -0.4 is 0 Å². The second-order valence-electron chi connectivity index (χ2n) is 3.28. The Balaban J connectivity index is 2.50. The van der Waals surface area contributed by atoms with Crippen LogP contribution in [0.4, 0.5) is 0 Å². The quantitative estimate of drug-likeness (QED) is 0.721. The van der Waals surface area contributed by atoms with Crippen molar-refractivity contribution in [1.29, 1.82) is 5.26 Å². The van der Waals surface area contributed by atoms with Crippen molar-refractivity contribution in [3.8, 4) is 6.07 Å². The average molecular weight is 189 g/mol. The van der Waals surface area contributed by atoms with E-state index in [2.05, 4.69) is 6.07 Å². The molecule has 0 fully saturated rings. The Hall–Kier alpha value is -1.37. The zero-order valence-corrected chi connectivity index (χ0v) is 7.73. The van der Waals surface area contributed by atoms with Gasteiger partial charge in [-0.15, -0.1) is 0 Å². The van der Waals surface area contributed by atoms with E-state index in [1.807, 2.05) is 12.1 Å². The molecule has 0 aliphatic carbocycles. The number of benzene rings is 1. The monoisotopic (exact) mass is 189 g/mol. The lowest BCUT2D eigenvalue weighted by atomic mass is 9.94. The number of aliphatic hydroxyl groups excluding tert-OH is 1. The maximum Gasteiger partial charge on any atom is 0.106 e. The number of ether oxygens (including phenoxy) is 1. The fraction of sp³-hybridized carbons (Fsp3) is 0.364. The van der Waals surface area contributed by atoms with Gasteiger partial charge in [-0.2, -0.15) is 5.26 Å². The lowest BCUT2D eigenvalue weighted by Crippen LogP contribution is -2.19. The van der Waals surface area contributed by atoms with Gasteiger partial charge in [-0.25, -0.2) is 0 Å². The summed E-state index contributed by atoms with van der Waals surface area (Å²) >= 11 is 0.